The molecule has 1 N–H and O–H groups in total. The Balaban J connectivity index is 1.48. The molecule has 7 nitrogen and oxygen atoms in total. The first-order valence-corrected chi connectivity index (χ1v) is 10.1. The predicted molar refractivity (Wildman–Crippen MR) is 122 cm³/mol. The van der Waals surface area contributed by atoms with Gasteiger partial charge in [0.25, 0.3) is 11.8 Å². The smallest absolute Gasteiger partial charge is 0.262 e. The van der Waals surface area contributed by atoms with E-state index in [1.807, 2.05) is 74.5 Å². The van der Waals surface area contributed by atoms with Crippen molar-refractivity contribution in [3.8, 4) is 34.3 Å². The summed E-state index contributed by atoms with van der Waals surface area (Å²) in [6.45, 7) is 3.86. The van der Waals surface area contributed by atoms with Crippen LogP contribution >= 0.6 is 0 Å². The van der Waals surface area contributed by atoms with E-state index in [4.69, 9.17) is 14.0 Å². The maximum atomic E-state index is 12.5. The molecular formula is C25H23N3O4. The minimum absolute atomic E-state index is 0.112. The molecule has 0 spiro atoms. The van der Waals surface area contributed by atoms with Crippen LogP contribution in [0.3, 0.4) is 0 Å². The van der Waals surface area contributed by atoms with Gasteiger partial charge in [0.1, 0.15) is 11.5 Å². The van der Waals surface area contributed by atoms with Gasteiger partial charge < -0.3 is 19.3 Å². The topological polar surface area (TPSA) is 86.5 Å². The fourth-order valence-corrected chi connectivity index (χ4v) is 3.18. The van der Waals surface area contributed by atoms with Crippen LogP contribution in [0.15, 0.2) is 71.3 Å². The van der Waals surface area contributed by atoms with Crippen LogP contribution in [0.5, 0.6) is 11.5 Å². The molecule has 1 amide bonds. The molecule has 7 heteroatoms. The molecule has 0 bridgehead atoms. The second kappa shape index (κ2) is 9.34. The lowest BCUT2D eigenvalue weighted by Gasteiger charge is -2.12. The Bertz CT molecular complexity index is 1230. The molecule has 3 aromatic carbocycles. The molecule has 0 aliphatic heterocycles. The van der Waals surface area contributed by atoms with E-state index in [1.165, 1.54) is 0 Å². The molecule has 0 unspecified atom stereocenters. The molecule has 0 aliphatic carbocycles. The van der Waals surface area contributed by atoms with Crippen LogP contribution in [0, 0.1) is 13.8 Å². The third-order valence-electron chi connectivity index (χ3n) is 5.12. The predicted octanol–water partition coefficient (Wildman–Crippen LogP) is 5.05. The highest BCUT2D eigenvalue weighted by Gasteiger charge is 2.16. The van der Waals surface area contributed by atoms with Gasteiger partial charge >= 0.3 is 0 Å². The molecule has 0 aliphatic rings. The zero-order valence-electron chi connectivity index (χ0n) is 18.1. The normalized spacial score (nSPS) is 10.6. The maximum absolute atomic E-state index is 12.5. The van der Waals surface area contributed by atoms with Crippen molar-refractivity contribution in [2.75, 3.05) is 19.0 Å². The van der Waals surface area contributed by atoms with Crippen molar-refractivity contribution in [3.05, 3.63) is 77.9 Å². The second-order valence-corrected chi connectivity index (χ2v) is 7.23. The first-order chi connectivity index (χ1) is 15.5. The van der Waals surface area contributed by atoms with Gasteiger partial charge in [0.15, 0.2) is 6.61 Å². The van der Waals surface area contributed by atoms with E-state index < -0.39 is 0 Å². The summed E-state index contributed by atoms with van der Waals surface area (Å²) in [5, 5.41) is 6.94. The zero-order chi connectivity index (χ0) is 22.5. The number of anilines is 1. The van der Waals surface area contributed by atoms with Crippen molar-refractivity contribution in [3.63, 3.8) is 0 Å². The summed E-state index contributed by atoms with van der Waals surface area (Å²) in [4.78, 5) is 17.0. The number of nitrogens with one attached hydrogen (secondary N) is 1. The fourth-order valence-electron chi connectivity index (χ4n) is 3.18. The van der Waals surface area contributed by atoms with Gasteiger partial charge in [-0.1, -0.05) is 29.4 Å². The van der Waals surface area contributed by atoms with Gasteiger partial charge in [0.2, 0.25) is 5.82 Å². The van der Waals surface area contributed by atoms with Crippen molar-refractivity contribution in [2.45, 2.75) is 13.8 Å². The summed E-state index contributed by atoms with van der Waals surface area (Å²) in [6.07, 6.45) is 0. The Labute approximate surface area is 186 Å². The van der Waals surface area contributed by atoms with E-state index >= 15 is 0 Å². The monoisotopic (exact) mass is 429 g/mol. The van der Waals surface area contributed by atoms with Crippen LogP contribution < -0.4 is 14.8 Å². The summed E-state index contributed by atoms with van der Waals surface area (Å²) < 4.78 is 16.3. The van der Waals surface area contributed by atoms with Crippen LogP contribution in [-0.4, -0.2) is 29.8 Å². The summed E-state index contributed by atoms with van der Waals surface area (Å²) in [5.41, 5.74) is 4.10. The maximum Gasteiger partial charge on any atom is 0.262 e. The number of benzene rings is 3. The van der Waals surface area contributed by atoms with Crippen molar-refractivity contribution < 1.29 is 18.8 Å². The average molecular weight is 429 g/mol. The number of amides is 1. The van der Waals surface area contributed by atoms with Crippen molar-refractivity contribution in [2.24, 2.45) is 0 Å². The molecule has 4 rings (SSSR count). The summed E-state index contributed by atoms with van der Waals surface area (Å²) in [7, 11) is 1.61. The molecule has 0 saturated carbocycles. The van der Waals surface area contributed by atoms with Gasteiger partial charge in [-0.25, -0.2) is 0 Å². The zero-order valence-corrected chi connectivity index (χ0v) is 18.1. The van der Waals surface area contributed by atoms with E-state index in [-0.39, 0.29) is 12.5 Å². The Morgan fingerprint density at radius 2 is 1.78 bits per heavy atom. The number of para-hydroxylation sites is 1. The van der Waals surface area contributed by atoms with Crippen molar-refractivity contribution in [1.29, 1.82) is 0 Å². The van der Waals surface area contributed by atoms with Crippen molar-refractivity contribution in [1.82, 2.24) is 10.1 Å². The lowest BCUT2D eigenvalue weighted by atomic mass is 10.1. The number of rotatable bonds is 7. The van der Waals surface area contributed by atoms with Crippen LogP contribution in [0.1, 0.15) is 11.1 Å². The van der Waals surface area contributed by atoms with E-state index in [0.717, 1.165) is 22.4 Å². The molecule has 32 heavy (non-hydrogen) atoms. The lowest BCUT2D eigenvalue weighted by molar-refractivity contribution is -0.118. The van der Waals surface area contributed by atoms with Gasteiger partial charge in [0, 0.05) is 5.56 Å². The van der Waals surface area contributed by atoms with E-state index in [0.29, 0.717) is 28.7 Å². The van der Waals surface area contributed by atoms with Gasteiger partial charge in [-0.3, -0.25) is 4.79 Å². The molecule has 1 heterocycles. The number of methoxy groups -OCH3 is 1. The number of nitrogens with zero attached hydrogens (tertiary/aromatic N) is 2. The largest absolute Gasteiger partial charge is 0.497 e. The van der Waals surface area contributed by atoms with Gasteiger partial charge in [-0.05, 0) is 67.4 Å². The van der Waals surface area contributed by atoms with Gasteiger partial charge in [-0.2, -0.15) is 4.98 Å². The average Bonchev–Trinajstić information content (AvgIpc) is 3.30. The number of carbonyl (C=O) groups is 1. The lowest BCUT2D eigenvalue weighted by Crippen LogP contribution is -2.20. The quantitative estimate of drug-likeness (QED) is 0.443. The molecule has 0 radical (unpaired) electrons. The highest BCUT2D eigenvalue weighted by atomic mass is 16.5. The van der Waals surface area contributed by atoms with E-state index in [1.54, 1.807) is 13.2 Å². The number of aryl methyl sites for hydroxylation is 1. The third kappa shape index (κ3) is 4.62. The standard InChI is InChI=1S/C25H23N3O4/c1-16-7-6-10-22(17(16)2)31-15-23(29)26-21-9-5-4-8-20(21)25-27-24(28-32-25)18-11-13-19(30-3)14-12-18/h4-14H,15H2,1-3H3,(H,26,29). The Hall–Kier alpha value is -4.13. The third-order valence-corrected chi connectivity index (χ3v) is 5.12. The first-order valence-electron chi connectivity index (χ1n) is 10.1. The molecular weight excluding hydrogens is 406 g/mol. The highest BCUT2D eigenvalue weighted by molar-refractivity contribution is 5.95. The minimum atomic E-state index is -0.284. The molecule has 0 saturated heterocycles. The number of carbonyl (C=O) groups excluding carboxylic acids is 1. The summed E-state index contributed by atoms with van der Waals surface area (Å²) in [6, 6.07) is 20.4. The molecule has 4 aromatic rings. The Kier molecular flexibility index (Phi) is 6.17. The minimum Gasteiger partial charge on any atom is -0.497 e. The van der Waals surface area contributed by atoms with Crippen LogP contribution in [0.4, 0.5) is 5.69 Å². The van der Waals surface area contributed by atoms with Crippen LogP contribution in [0.2, 0.25) is 0 Å². The number of hydrogen-bond acceptors (Lipinski definition) is 6. The van der Waals surface area contributed by atoms with Crippen LogP contribution in [0.25, 0.3) is 22.8 Å². The van der Waals surface area contributed by atoms with Crippen LogP contribution in [-0.2, 0) is 4.79 Å². The fraction of sp³-hybridized carbons (Fsp3) is 0.160. The molecule has 1 aromatic heterocycles. The van der Waals surface area contributed by atoms with Gasteiger partial charge in [0.05, 0.1) is 18.4 Å². The van der Waals surface area contributed by atoms with E-state index in [2.05, 4.69) is 15.5 Å². The summed E-state index contributed by atoms with van der Waals surface area (Å²) in [5.74, 6) is 1.90. The van der Waals surface area contributed by atoms with Crippen molar-refractivity contribution >= 4 is 11.6 Å². The number of aromatic nitrogens is 2. The Morgan fingerprint density at radius 3 is 2.56 bits per heavy atom. The molecule has 162 valence electrons. The highest BCUT2D eigenvalue weighted by Crippen LogP contribution is 2.29. The SMILES string of the molecule is COc1ccc(-c2noc(-c3ccccc3NC(=O)COc3cccc(C)c3C)n2)cc1. The second-order valence-electron chi connectivity index (χ2n) is 7.23. The van der Waals surface area contributed by atoms with E-state index in [9.17, 15) is 4.79 Å². The number of hydrogen-bond donors (Lipinski definition) is 1. The molecule has 0 atom stereocenters. The Morgan fingerprint density at radius 1 is 1.00 bits per heavy atom. The number of ether oxygens (including phenoxy) is 2. The van der Waals surface area contributed by atoms with Gasteiger partial charge in [-0.15, -0.1) is 0 Å². The summed E-state index contributed by atoms with van der Waals surface area (Å²) >= 11 is 0. The molecule has 0 fully saturated rings. The first kappa shape index (κ1) is 21.1.